The Balaban J connectivity index is 1.93. The summed E-state index contributed by atoms with van der Waals surface area (Å²) < 4.78 is 4.00. The van der Waals surface area contributed by atoms with Crippen LogP contribution in [0.25, 0.3) is 22.8 Å². The van der Waals surface area contributed by atoms with Crippen molar-refractivity contribution in [3.63, 3.8) is 0 Å². The Hall–Kier alpha value is -2.82. The monoisotopic (exact) mass is 277 g/mol. The van der Waals surface area contributed by atoms with Gasteiger partial charge in [-0.15, -0.1) is 0 Å². The van der Waals surface area contributed by atoms with Crippen LogP contribution in [0.1, 0.15) is 11.4 Å². The predicted octanol–water partition coefficient (Wildman–Crippen LogP) is 3.16. The second-order valence-electron chi connectivity index (χ2n) is 5.13. The lowest BCUT2D eigenvalue weighted by Gasteiger charge is -2.10. The van der Waals surface area contributed by atoms with Crippen LogP contribution in [0, 0.1) is 13.8 Å². The topological polar surface area (TPSA) is 51.4 Å². The molecule has 0 aliphatic carbocycles. The standard InChI is InChI=1S/C16H15N5/c1-11-7-8-12(2)20(11)15-9-10-17-21(15)16-18-13-5-3-4-6-14(13)19-16/h3-10H,1-2H3,(H,18,19). The first-order valence-electron chi connectivity index (χ1n) is 6.88. The molecule has 3 heterocycles. The van der Waals surface area contributed by atoms with Crippen molar-refractivity contribution in [2.75, 3.05) is 0 Å². The summed E-state index contributed by atoms with van der Waals surface area (Å²) in [5.74, 6) is 1.71. The first-order chi connectivity index (χ1) is 10.2. The van der Waals surface area contributed by atoms with Crippen molar-refractivity contribution >= 4 is 11.0 Å². The Morgan fingerprint density at radius 3 is 2.48 bits per heavy atom. The van der Waals surface area contributed by atoms with Gasteiger partial charge in [0.25, 0.3) is 0 Å². The van der Waals surface area contributed by atoms with E-state index >= 15 is 0 Å². The summed E-state index contributed by atoms with van der Waals surface area (Å²) in [6, 6.07) is 14.2. The molecule has 0 radical (unpaired) electrons. The van der Waals surface area contributed by atoms with E-state index in [0.29, 0.717) is 0 Å². The van der Waals surface area contributed by atoms with Gasteiger partial charge in [-0.05, 0) is 38.1 Å². The summed E-state index contributed by atoms with van der Waals surface area (Å²) >= 11 is 0. The highest BCUT2D eigenvalue weighted by molar-refractivity contribution is 5.76. The van der Waals surface area contributed by atoms with Gasteiger partial charge in [0.2, 0.25) is 5.95 Å². The maximum absolute atomic E-state index is 4.62. The third kappa shape index (κ3) is 1.78. The van der Waals surface area contributed by atoms with Gasteiger partial charge in [-0.3, -0.25) is 0 Å². The molecule has 0 aliphatic heterocycles. The first-order valence-corrected chi connectivity index (χ1v) is 6.88. The number of H-pyrrole nitrogens is 1. The predicted molar refractivity (Wildman–Crippen MR) is 82.0 cm³/mol. The van der Waals surface area contributed by atoms with Crippen molar-refractivity contribution < 1.29 is 0 Å². The number of aryl methyl sites for hydroxylation is 2. The van der Waals surface area contributed by atoms with Crippen LogP contribution in [0.5, 0.6) is 0 Å². The van der Waals surface area contributed by atoms with Crippen LogP contribution in [0.15, 0.2) is 48.7 Å². The minimum absolute atomic E-state index is 0.726. The second-order valence-corrected chi connectivity index (χ2v) is 5.13. The van der Waals surface area contributed by atoms with Gasteiger partial charge in [-0.2, -0.15) is 9.78 Å². The molecule has 0 saturated carbocycles. The fraction of sp³-hybridized carbons (Fsp3) is 0.125. The van der Waals surface area contributed by atoms with Gasteiger partial charge in [0.1, 0.15) is 5.82 Å². The summed E-state index contributed by atoms with van der Waals surface area (Å²) in [5, 5.41) is 4.42. The normalized spacial score (nSPS) is 11.3. The number of rotatable bonds is 2. The lowest BCUT2D eigenvalue weighted by molar-refractivity contribution is 0.769. The van der Waals surface area contributed by atoms with E-state index in [0.717, 1.165) is 22.8 Å². The van der Waals surface area contributed by atoms with Gasteiger partial charge in [0.05, 0.1) is 17.2 Å². The number of hydrogen-bond donors (Lipinski definition) is 1. The number of nitrogens with zero attached hydrogens (tertiary/aromatic N) is 4. The lowest BCUT2D eigenvalue weighted by atomic mass is 10.3. The largest absolute Gasteiger partial charge is 0.322 e. The Kier molecular flexibility index (Phi) is 2.47. The van der Waals surface area contributed by atoms with Crippen LogP contribution in [0.2, 0.25) is 0 Å². The van der Waals surface area contributed by atoms with Gasteiger partial charge in [-0.25, -0.2) is 4.98 Å². The maximum Gasteiger partial charge on any atom is 0.231 e. The molecule has 0 atom stereocenters. The number of aromatic amines is 1. The summed E-state index contributed by atoms with van der Waals surface area (Å²) in [6.07, 6.45) is 1.79. The molecule has 21 heavy (non-hydrogen) atoms. The van der Waals surface area contributed by atoms with E-state index in [9.17, 15) is 0 Å². The highest BCUT2D eigenvalue weighted by Gasteiger charge is 2.13. The molecule has 1 N–H and O–H groups in total. The number of hydrogen-bond acceptors (Lipinski definition) is 2. The summed E-state index contributed by atoms with van der Waals surface area (Å²) in [6.45, 7) is 4.17. The number of nitrogens with one attached hydrogen (secondary N) is 1. The van der Waals surface area contributed by atoms with Crippen molar-refractivity contribution in [1.29, 1.82) is 0 Å². The molecule has 104 valence electrons. The summed E-state index contributed by atoms with van der Waals surface area (Å²) in [7, 11) is 0. The van der Waals surface area contributed by atoms with Gasteiger partial charge in [-0.1, -0.05) is 12.1 Å². The Morgan fingerprint density at radius 2 is 1.71 bits per heavy atom. The summed E-state index contributed by atoms with van der Waals surface area (Å²) in [5.41, 5.74) is 4.29. The average molecular weight is 277 g/mol. The van der Waals surface area contributed by atoms with Crippen molar-refractivity contribution in [2.24, 2.45) is 0 Å². The van der Waals surface area contributed by atoms with Crippen molar-refractivity contribution in [3.8, 4) is 11.8 Å². The van der Waals surface area contributed by atoms with Gasteiger partial charge >= 0.3 is 0 Å². The molecule has 0 unspecified atom stereocenters. The fourth-order valence-electron chi connectivity index (χ4n) is 2.70. The zero-order valence-electron chi connectivity index (χ0n) is 11.9. The van der Waals surface area contributed by atoms with Crippen LogP contribution in [-0.2, 0) is 0 Å². The van der Waals surface area contributed by atoms with Gasteiger partial charge < -0.3 is 9.55 Å². The molecule has 0 bridgehead atoms. The number of fused-ring (bicyclic) bond motifs is 1. The fourth-order valence-corrected chi connectivity index (χ4v) is 2.70. The highest BCUT2D eigenvalue weighted by atomic mass is 15.4. The number of imidazole rings is 1. The van der Waals surface area contributed by atoms with Crippen molar-refractivity contribution in [1.82, 2.24) is 24.3 Å². The molecule has 0 amide bonds. The van der Waals surface area contributed by atoms with E-state index in [1.54, 1.807) is 6.20 Å². The third-order valence-corrected chi connectivity index (χ3v) is 3.70. The number of para-hydroxylation sites is 2. The molecule has 0 spiro atoms. The average Bonchev–Trinajstić information content (AvgIpc) is 3.16. The molecule has 5 heteroatoms. The van der Waals surface area contributed by atoms with E-state index in [1.807, 2.05) is 35.0 Å². The minimum atomic E-state index is 0.726. The zero-order valence-corrected chi connectivity index (χ0v) is 11.9. The van der Waals surface area contributed by atoms with Gasteiger partial charge in [0.15, 0.2) is 0 Å². The van der Waals surface area contributed by atoms with Crippen LogP contribution in [0.3, 0.4) is 0 Å². The molecule has 0 saturated heterocycles. The molecule has 5 nitrogen and oxygen atoms in total. The number of benzene rings is 1. The third-order valence-electron chi connectivity index (χ3n) is 3.70. The van der Waals surface area contributed by atoms with Crippen LogP contribution in [0.4, 0.5) is 0 Å². The molecule has 4 aromatic rings. The van der Waals surface area contributed by atoms with Gasteiger partial charge in [0, 0.05) is 17.5 Å². The smallest absolute Gasteiger partial charge is 0.231 e. The van der Waals surface area contributed by atoms with E-state index < -0.39 is 0 Å². The molecule has 0 fully saturated rings. The van der Waals surface area contributed by atoms with E-state index in [2.05, 4.69) is 45.6 Å². The lowest BCUT2D eigenvalue weighted by Crippen LogP contribution is -2.09. The van der Waals surface area contributed by atoms with E-state index in [4.69, 9.17) is 0 Å². The molecule has 0 aliphatic rings. The molecule has 1 aromatic carbocycles. The van der Waals surface area contributed by atoms with Crippen LogP contribution < -0.4 is 0 Å². The quantitative estimate of drug-likeness (QED) is 0.612. The SMILES string of the molecule is Cc1ccc(C)n1-c1ccnn1-c1nc2ccccc2[nH]1. The molecular formula is C16H15N5. The Morgan fingerprint density at radius 1 is 0.952 bits per heavy atom. The van der Waals surface area contributed by atoms with E-state index in [1.165, 1.54) is 11.4 Å². The molecule has 4 rings (SSSR count). The van der Waals surface area contributed by atoms with Crippen molar-refractivity contribution in [3.05, 3.63) is 60.0 Å². The van der Waals surface area contributed by atoms with Crippen molar-refractivity contribution in [2.45, 2.75) is 13.8 Å². The van der Waals surface area contributed by atoms with Crippen LogP contribution >= 0.6 is 0 Å². The highest BCUT2D eigenvalue weighted by Crippen LogP contribution is 2.20. The first kappa shape index (κ1) is 12.0. The van der Waals surface area contributed by atoms with E-state index in [-0.39, 0.29) is 0 Å². The zero-order chi connectivity index (χ0) is 14.4. The minimum Gasteiger partial charge on any atom is -0.322 e. The Labute approximate surface area is 121 Å². The molecule has 3 aromatic heterocycles. The van der Waals surface area contributed by atoms with Crippen LogP contribution in [-0.4, -0.2) is 24.3 Å². The second kappa shape index (κ2) is 4.34. The number of aromatic nitrogens is 5. The maximum atomic E-state index is 4.62. The summed E-state index contributed by atoms with van der Waals surface area (Å²) in [4.78, 5) is 7.93. The Bertz CT molecular complexity index is 873. The molecular weight excluding hydrogens is 262 g/mol.